The van der Waals surface area contributed by atoms with Crippen molar-refractivity contribution in [2.75, 3.05) is 0 Å². The summed E-state index contributed by atoms with van der Waals surface area (Å²) in [7, 11) is 0. The van der Waals surface area contributed by atoms with Crippen molar-refractivity contribution in [1.82, 2.24) is 4.57 Å². The van der Waals surface area contributed by atoms with E-state index >= 15 is 0 Å². The van der Waals surface area contributed by atoms with Crippen LogP contribution in [0.3, 0.4) is 0 Å². The van der Waals surface area contributed by atoms with Gasteiger partial charge in [-0.3, -0.25) is 9.36 Å². The van der Waals surface area contributed by atoms with E-state index in [4.69, 9.17) is 0 Å². The maximum Gasteiger partial charge on any atom is 0.416 e. The second kappa shape index (κ2) is 4.77. The third-order valence-corrected chi connectivity index (χ3v) is 3.17. The number of benzene rings is 2. The molecule has 2 aromatic carbocycles. The topological polar surface area (TPSA) is 22.0 Å². The van der Waals surface area contributed by atoms with Crippen LogP contribution in [0.1, 0.15) is 5.56 Å². The van der Waals surface area contributed by atoms with E-state index in [0.717, 1.165) is 17.5 Å². The van der Waals surface area contributed by atoms with E-state index in [1.54, 1.807) is 24.3 Å². The highest BCUT2D eigenvalue weighted by Crippen LogP contribution is 2.29. The molecule has 1 radical (unpaired) electrons. The Morgan fingerprint density at radius 2 is 1.67 bits per heavy atom. The van der Waals surface area contributed by atoms with Crippen LogP contribution in [-0.4, -0.2) is 4.57 Å². The number of hydrogen-bond acceptors (Lipinski definition) is 1. The number of hydrogen-bond donors (Lipinski definition) is 0. The highest BCUT2D eigenvalue weighted by molar-refractivity contribution is 5.79. The summed E-state index contributed by atoms with van der Waals surface area (Å²) >= 11 is 0. The van der Waals surface area contributed by atoms with Crippen LogP contribution < -0.4 is 5.56 Å². The lowest BCUT2D eigenvalue weighted by Gasteiger charge is -2.11. The molecule has 0 saturated carbocycles. The molecule has 0 fully saturated rings. The van der Waals surface area contributed by atoms with Crippen LogP contribution in [0, 0.1) is 6.07 Å². The third kappa shape index (κ3) is 2.42. The highest BCUT2D eigenvalue weighted by Gasteiger charge is 2.30. The number of pyridine rings is 1. The van der Waals surface area contributed by atoms with Crippen LogP contribution in [-0.2, 0) is 6.18 Å². The first kappa shape index (κ1) is 13.4. The van der Waals surface area contributed by atoms with E-state index in [2.05, 4.69) is 6.07 Å². The molecule has 0 aliphatic carbocycles. The fourth-order valence-electron chi connectivity index (χ4n) is 2.18. The Kier molecular flexibility index (Phi) is 3.05. The van der Waals surface area contributed by atoms with Crippen LogP contribution >= 0.6 is 0 Å². The van der Waals surface area contributed by atoms with Gasteiger partial charge in [-0.2, -0.15) is 13.2 Å². The minimum atomic E-state index is -4.39. The molecule has 1 aromatic heterocycles. The summed E-state index contributed by atoms with van der Waals surface area (Å²) in [5.41, 5.74) is -0.0593. The molecule has 105 valence electrons. The van der Waals surface area contributed by atoms with E-state index < -0.39 is 11.7 Å². The van der Waals surface area contributed by atoms with Crippen molar-refractivity contribution in [3.8, 4) is 5.69 Å². The second-order valence-electron chi connectivity index (χ2n) is 4.52. The number of alkyl halides is 3. The fraction of sp³-hybridized carbons (Fsp3) is 0.0625. The molecule has 0 unspecified atom stereocenters. The Bertz CT molecular complexity index is 848. The maximum absolute atomic E-state index is 12.6. The predicted octanol–water partition coefficient (Wildman–Crippen LogP) is 3.81. The molecule has 21 heavy (non-hydrogen) atoms. The first-order valence-electron chi connectivity index (χ1n) is 6.17. The van der Waals surface area contributed by atoms with Gasteiger partial charge in [-0.1, -0.05) is 12.1 Å². The Hall–Kier alpha value is -2.56. The fourth-order valence-corrected chi connectivity index (χ4v) is 2.18. The molecule has 0 amide bonds. The summed E-state index contributed by atoms with van der Waals surface area (Å²) in [6.07, 6.45) is -4.39. The molecule has 0 N–H and O–H groups in total. The van der Waals surface area contributed by atoms with E-state index in [1.807, 2.05) is 0 Å². The van der Waals surface area contributed by atoms with Gasteiger partial charge in [0.25, 0.3) is 5.56 Å². The zero-order chi connectivity index (χ0) is 15.0. The summed E-state index contributed by atoms with van der Waals surface area (Å²) in [5.74, 6) is 0. The zero-order valence-corrected chi connectivity index (χ0v) is 10.7. The van der Waals surface area contributed by atoms with Gasteiger partial charge in [-0.25, -0.2) is 0 Å². The average molecular weight is 288 g/mol. The first-order chi connectivity index (χ1) is 9.97. The second-order valence-corrected chi connectivity index (χ2v) is 4.52. The quantitative estimate of drug-likeness (QED) is 0.667. The lowest BCUT2D eigenvalue weighted by atomic mass is 10.1. The van der Waals surface area contributed by atoms with Crippen molar-refractivity contribution in [3.05, 3.63) is 76.6 Å². The summed E-state index contributed by atoms with van der Waals surface area (Å²) < 4.78 is 39.1. The zero-order valence-electron chi connectivity index (χ0n) is 10.7. The monoisotopic (exact) mass is 288 g/mol. The van der Waals surface area contributed by atoms with Crippen molar-refractivity contribution >= 4 is 10.9 Å². The molecular formula is C16H9F3NO. The van der Waals surface area contributed by atoms with Gasteiger partial charge in [-0.15, -0.1) is 0 Å². The average Bonchev–Trinajstić information content (AvgIpc) is 2.46. The van der Waals surface area contributed by atoms with Crippen LogP contribution in [0.4, 0.5) is 13.2 Å². The molecule has 0 aliphatic heterocycles. The number of halogens is 3. The number of aromatic nitrogens is 1. The lowest BCUT2D eigenvalue weighted by Crippen LogP contribution is -2.17. The van der Waals surface area contributed by atoms with E-state index in [-0.39, 0.29) is 5.56 Å². The van der Waals surface area contributed by atoms with E-state index in [1.165, 1.54) is 22.8 Å². The Morgan fingerprint density at radius 1 is 0.952 bits per heavy atom. The minimum absolute atomic E-state index is 0.304. The van der Waals surface area contributed by atoms with Gasteiger partial charge in [-0.05, 0) is 42.5 Å². The summed E-state index contributed by atoms with van der Waals surface area (Å²) in [6.45, 7) is 0. The first-order valence-corrected chi connectivity index (χ1v) is 6.17. The van der Waals surface area contributed by atoms with Crippen molar-refractivity contribution in [3.63, 3.8) is 0 Å². The summed E-state index contributed by atoms with van der Waals surface area (Å²) in [6, 6.07) is 15.7. The van der Waals surface area contributed by atoms with E-state index in [0.29, 0.717) is 11.2 Å². The minimum Gasteiger partial charge on any atom is -0.277 e. The summed E-state index contributed by atoms with van der Waals surface area (Å²) in [5, 5.41) is 0.719. The van der Waals surface area contributed by atoms with E-state index in [9.17, 15) is 18.0 Å². The van der Waals surface area contributed by atoms with Crippen LogP contribution in [0.25, 0.3) is 16.6 Å². The van der Waals surface area contributed by atoms with Gasteiger partial charge >= 0.3 is 6.18 Å². The molecule has 0 saturated heterocycles. The molecule has 0 aliphatic rings. The normalized spacial score (nSPS) is 11.8. The highest BCUT2D eigenvalue weighted by atomic mass is 19.4. The van der Waals surface area contributed by atoms with Gasteiger partial charge < -0.3 is 0 Å². The Labute approximate surface area is 118 Å². The largest absolute Gasteiger partial charge is 0.416 e. The van der Waals surface area contributed by atoms with Crippen LogP contribution in [0.5, 0.6) is 0 Å². The smallest absolute Gasteiger partial charge is 0.277 e. The third-order valence-electron chi connectivity index (χ3n) is 3.17. The molecule has 0 bridgehead atoms. The Morgan fingerprint density at radius 3 is 2.33 bits per heavy atom. The number of nitrogens with zero attached hydrogens (tertiary/aromatic N) is 1. The van der Waals surface area contributed by atoms with Gasteiger partial charge in [0.05, 0.1) is 11.1 Å². The molecule has 2 nitrogen and oxygen atoms in total. The van der Waals surface area contributed by atoms with Crippen molar-refractivity contribution in [2.45, 2.75) is 6.18 Å². The van der Waals surface area contributed by atoms with Crippen LogP contribution in [0.15, 0.2) is 59.4 Å². The van der Waals surface area contributed by atoms with Gasteiger partial charge in [0.2, 0.25) is 0 Å². The molecule has 3 rings (SSSR count). The van der Waals surface area contributed by atoms with Crippen molar-refractivity contribution < 1.29 is 13.2 Å². The number of fused-ring (bicyclic) bond motifs is 1. The lowest BCUT2D eigenvalue weighted by molar-refractivity contribution is -0.137. The molecule has 5 heteroatoms. The molecular weight excluding hydrogens is 279 g/mol. The van der Waals surface area contributed by atoms with Crippen LogP contribution in [0.2, 0.25) is 0 Å². The van der Waals surface area contributed by atoms with Gasteiger partial charge in [0, 0.05) is 17.1 Å². The van der Waals surface area contributed by atoms with Crippen molar-refractivity contribution in [2.24, 2.45) is 0 Å². The standard InChI is InChI=1S/C16H9F3NO/c17-16(18,19)12-6-8-13(9-7-12)20-14-4-2-1-3-11(14)5-10-15(20)21/h1-2,4-10H. The summed E-state index contributed by atoms with van der Waals surface area (Å²) in [4.78, 5) is 12.0. The molecule has 0 atom stereocenters. The van der Waals surface area contributed by atoms with Crippen molar-refractivity contribution in [1.29, 1.82) is 0 Å². The van der Waals surface area contributed by atoms with Gasteiger partial charge in [0.1, 0.15) is 0 Å². The Balaban J connectivity index is 2.21. The molecule has 0 spiro atoms. The SMILES string of the molecule is O=c1ccc2[c]cccc2n1-c1ccc(C(F)(F)F)cc1. The maximum atomic E-state index is 12.6. The number of rotatable bonds is 1. The van der Waals surface area contributed by atoms with Gasteiger partial charge in [0.15, 0.2) is 0 Å². The molecule has 3 aromatic rings. The molecule has 1 heterocycles. The predicted molar refractivity (Wildman–Crippen MR) is 73.4 cm³/mol.